The van der Waals surface area contributed by atoms with E-state index in [0.29, 0.717) is 24.0 Å². The fourth-order valence-electron chi connectivity index (χ4n) is 9.41. The smallest absolute Gasteiger partial charge is 0.395 e. The molecule has 0 radical (unpaired) electrons. The minimum Gasteiger partial charge on any atom is -0.395 e. The zero-order valence-electron chi connectivity index (χ0n) is 41.3. The Balaban J connectivity index is 1.27. The van der Waals surface area contributed by atoms with E-state index >= 15 is 0 Å². The van der Waals surface area contributed by atoms with Crippen molar-refractivity contribution in [3.63, 3.8) is 0 Å². The molecule has 0 unspecified atom stereocenters. The summed E-state index contributed by atoms with van der Waals surface area (Å²) in [4.78, 5) is 57.2. The maximum atomic E-state index is 14.7. The van der Waals surface area contributed by atoms with Crippen LogP contribution in [0.3, 0.4) is 0 Å². The van der Waals surface area contributed by atoms with E-state index in [0.717, 1.165) is 16.7 Å². The van der Waals surface area contributed by atoms with Gasteiger partial charge in [-0.25, -0.2) is 0 Å². The van der Waals surface area contributed by atoms with E-state index in [1.165, 1.54) is 0 Å². The maximum Gasteiger partial charge on any atom is 0.660 e. The van der Waals surface area contributed by atoms with Crippen molar-refractivity contribution in [3.05, 3.63) is 250 Å². The van der Waals surface area contributed by atoms with Crippen LogP contribution < -0.4 is 0 Å². The first-order valence-corrected chi connectivity index (χ1v) is 28.8. The molecule has 14 heteroatoms. The fraction of sp³-hybridized carbons (Fsp3) is 0.233. The zero-order valence-corrected chi connectivity index (χ0v) is 42.9. The molecule has 0 aliphatic carbocycles. The van der Waals surface area contributed by atoms with Gasteiger partial charge in [-0.15, -0.1) is 20.6 Å². The Morgan fingerprint density at radius 3 is 1.03 bits per heavy atom. The molecular formula is C60H63BO11S2. The number of aliphatic hydroxyl groups is 4. The summed E-state index contributed by atoms with van der Waals surface area (Å²) in [6, 6.07) is 60.7. The third kappa shape index (κ3) is 13.7. The predicted octanol–water partition coefficient (Wildman–Crippen LogP) is 9.47. The summed E-state index contributed by atoms with van der Waals surface area (Å²) >= 11 is 0. The van der Waals surface area contributed by atoms with Crippen molar-refractivity contribution >= 4 is 51.1 Å². The summed E-state index contributed by atoms with van der Waals surface area (Å²) in [7, 11) is -7.52. The molecule has 0 fully saturated rings. The summed E-state index contributed by atoms with van der Waals surface area (Å²) in [6.07, 6.45) is 0.943. The number of rotatable bonds is 30. The monoisotopic (exact) mass is 1030 g/mol. The number of Topliss-reactive ketones (excluding diaryl/α,β-unsaturated/α-hetero) is 2. The minimum atomic E-state index is -2.93. The van der Waals surface area contributed by atoms with Gasteiger partial charge in [0.1, 0.15) is 0 Å². The third-order valence-electron chi connectivity index (χ3n) is 13.0. The summed E-state index contributed by atoms with van der Waals surface area (Å²) in [6.45, 7) is -1.81. The van der Waals surface area contributed by atoms with Gasteiger partial charge in [0.2, 0.25) is 0 Å². The lowest BCUT2D eigenvalue weighted by molar-refractivity contribution is 0.0991. The van der Waals surface area contributed by atoms with Crippen LogP contribution in [0, 0.1) is 0 Å². The van der Waals surface area contributed by atoms with Gasteiger partial charge in [-0.3, -0.25) is 19.2 Å². The highest BCUT2D eigenvalue weighted by Crippen LogP contribution is 2.55. The molecule has 0 heterocycles. The number of hydrogen-bond donors (Lipinski definition) is 4. The van der Waals surface area contributed by atoms with E-state index in [4.69, 9.17) is 12.9 Å². The predicted molar refractivity (Wildman–Crippen MR) is 296 cm³/mol. The Morgan fingerprint density at radius 1 is 0.405 bits per heavy atom. The number of benzene rings is 7. The molecule has 384 valence electrons. The van der Waals surface area contributed by atoms with Gasteiger partial charge in [0.15, 0.2) is 23.1 Å². The molecule has 0 bridgehead atoms. The largest absolute Gasteiger partial charge is 0.660 e. The minimum absolute atomic E-state index is 0.00513. The lowest BCUT2D eigenvalue weighted by Crippen LogP contribution is -2.39. The Hall–Kier alpha value is -6.30. The first-order chi connectivity index (χ1) is 36.1. The molecule has 74 heavy (non-hydrogen) atoms. The Bertz CT molecular complexity index is 2650. The number of hydrogen-bond acceptors (Lipinski definition) is 11. The first kappa shape index (κ1) is 55.5. The van der Waals surface area contributed by atoms with Crippen LogP contribution >= 0.6 is 20.6 Å². The molecule has 0 saturated carbocycles. The van der Waals surface area contributed by atoms with Crippen molar-refractivity contribution in [2.75, 3.05) is 67.6 Å². The molecule has 0 spiro atoms. The lowest BCUT2D eigenvalue weighted by atomic mass is 9.67. The highest BCUT2D eigenvalue weighted by atomic mass is 32.3. The highest BCUT2D eigenvalue weighted by molar-refractivity contribution is 8.32. The van der Waals surface area contributed by atoms with Crippen LogP contribution in [0.1, 0.15) is 82.1 Å². The molecular weight excluding hydrogens is 972 g/mol. The van der Waals surface area contributed by atoms with E-state index in [9.17, 15) is 39.6 Å². The normalized spacial score (nSPS) is 12.2. The van der Waals surface area contributed by atoms with Gasteiger partial charge >= 0.3 is 7.32 Å². The van der Waals surface area contributed by atoms with Crippen molar-refractivity contribution in [2.24, 2.45) is 0 Å². The van der Waals surface area contributed by atoms with Gasteiger partial charge in [0, 0.05) is 68.4 Å². The molecule has 0 aliphatic heterocycles. The maximum absolute atomic E-state index is 14.7. The van der Waals surface area contributed by atoms with Crippen molar-refractivity contribution in [1.82, 2.24) is 0 Å². The second kappa shape index (κ2) is 27.3. The van der Waals surface area contributed by atoms with E-state index in [1.54, 1.807) is 109 Å². The van der Waals surface area contributed by atoms with Crippen LogP contribution in [0.4, 0.5) is 0 Å². The van der Waals surface area contributed by atoms with Crippen LogP contribution in [0.5, 0.6) is 0 Å². The molecule has 0 saturated heterocycles. The van der Waals surface area contributed by atoms with E-state index < -0.39 is 71.3 Å². The Labute approximate surface area is 437 Å². The Morgan fingerprint density at radius 2 is 0.703 bits per heavy atom. The molecule has 4 N–H and O–H groups in total. The van der Waals surface area contributed by atoms with Crippen molar-refractivity contribution in [1.29, 1.82) is 0 Å². The topological polar surface area (TPSA) is 177 Å². The first-order valence-electron chi connectivity index (χ1n) is 24.7. The number of aliphatic hydroxyl groups excluding tert-OH is 4. The van der Waals surface area contributed by atoms with Crippen LogP contribution in [0.2, 0.25) is 0 Å². The molecule has 11 nitrogen and oxygen atoms in total. The highest BCUT2D eigenvalue weighted by Gasteiger charge is 2.43. The molecule has 7 rings (SSSR count). The van der Waals surface area contributed by atoms with Gasteiger partial charge in [-0.2, -0.15) is 0 Å². The van der Waals surface area contributed by atoms with Crippen LogP contribution in [-0.2, 0) is 18.3 Å². The van der Waals surface area contributed by atoms with Gasteiger partial charge < -0.3 is 33.3 Å². The van der Waals surface area contributed by atoms with Crippen LogP contribution in [-0.4, -0.2) is 118 Å². The van der Waals surface area contributed by atoms with Crippen LogP contribution in [0.25, 0.3) is 0 Å². The average Bonchev–Trinajstić information content (AvgIpc) is 3.44. The number of ketones is 4. The molecule has 0 aromatic heterocycles. The van der Waals surface area contributed by atoms with Gasteiger partial charge in [-0.05, 0) is 29.5 Å². The molecule has 0 atom stereocenters. The summed E-state index contributed by atoms with van der Waals surface area (Å²) in [5, 5.41) is 42.9. The molecule has 0 aliphatic rings. The summed E-state index contributed by atoms with van der Waals surface area (Å²) in [5.74, 6) is -2.80. The molecule has 7 aromatic carbocycles. The van der Waals surface area contributed by atoms with Gasteiger partial charge in [-0.1, -0.05) is 200 Å². The van der Waals surface area contributed by atoms with Gasteiger partial charge in [0.05, 0.1) is 37.9 Å². The summed E-state index contributed by atoms with van der Waals surface area (Å²) < 4.78 is 20.6. The van der Waals surface area contributed by atoms with Crippen molar-refractivity contribution < 1.29 is 52.5 Å². The zero-order chi connectivity index (χ0) is 52.2. The second-order valence-electron chi connectivity index (χ2n) is 17.7. The van der Waals surface area contributed by atoms with Gasteiger partial charge in [0.25, 0.3) is 0 Å². The van der Waals surface area contributed by atoms with Crippen molar-refractivity contribution in [3.8, 4) is 0 Å². The number of carbonyl (C=O) groups excluding carboxylic acids is 4. The standard InChI is InChI=1S/C60H63BO11S2/c62-36-41-73(42-37-63,45-56(66)52-31-16-18-33-54(52)58(68)47-21-6-1-7-22-47)71-61(70-40-20-35-60(49-25-10-3-11-26-49,50-27-12-4-13-28-50)51-29-14-5-15-30-51)72-74(43-38-64,44-39-65)46-57(67)53-32-17-19-34-55(53)59(69)48-23-8-2-9-24-48/h1-19,21-34,62-65H,20,35-46H2. The Kier molecular flexibility index (Phi) is 20.5. The number of carbonyl (C=O) groups is 4. The van der Waals surface area contributed by atoms with E-state index in [2.05, 4.69) is 36.4 Å². The fourth-order valence-corrected chi connectivity index (χ4v) is 14.4. The summed E-state index contributed by atoms with van der Waals surface area (Å²) in [5.41, 5.74) is 3.90. The third-order valence-corrected chi connectivity index (χ3v) is 19.4. The second-order valence-corrected chi connectivity index (χ2v) is 24.2. The average molecular weight is 1040 g/mol. The van der Waals surface area contributed by atoms with Crippen molar-refractivity contribution in [2.45, 2.75) is 18.3 Å². The SMILES string of the molecule is O=C(CS(CCO)(CCO)OB(OCCCC(c1ccccc1)(c1ccccc1)c1ccccc1)OS(CCO)(CCO)CC(=O)c1ccccc1C(=O)c1ccccc1)c1ccccc1C(=O)c1ccccc1. The molecule has 0 amide bonds. The quantitative estimate of drug-likeness (QED) is 0.0146. The lowest BCUT2D eigenvalue weighted by Gasteiger charge is -2.44. The van der Waals surface area contributed by atoms with E-state index in [-0.39, 0.29) is 74.9 Å². The van der Waals surface area contributed by atoms with E-state index in [1.807, 2.05) is 54.6 Å². The van der Waals surface area contributed by atoms with Crippen LogP contribution in [0.15, 0.2) is 200 Å². The molecule has 7 aromatic rings.